The fraction of sp³-hybridized carbons (Fsp3) is 0.444. The number of carbonyl (C=O) groups is 4. The fourth-order valence-corrected chi connectivity index (χ4v) is 5.06. The van der Waals surface area contributed by atoms with Gasteiger partial charge in [0.25, 0.3) is 5.91 Å². The normalized spacial score (nSPS) is 17.9. The number of thiol groups is 1. The van der Waals surface area contributed by atoms with Crippen molar-refractivity contribution in [2.45, 2.75) is 69.1 Å². The molecular weight excluding hydrogens is 547 g/mol. The summed E-state index contributed by atoms with van der Waals surface area (Å²) in [6.45, 7) is 4.02. The Labute approximate surface area is 235 Å². The van der Waals surface area contributed by atoms with E-state index in [0.717, 1.165) is 42.4 Å². The molecule has 40 heavy (non-hydrogen) atoms. The molecule has 2 aliphatic rings. The van der Waals surface area contributed by atoms with E-state index in [1.165, 1.54) is 11.1 Å². The summed E-state index contributed by atoms with van der Waals surface area (Å²) >= 11 is 4.11. The van der Waals surface area contributed by atoms with E-state index in [4.69, 9.17) is 0 Å². The first kappa shape index (κ1) is 29.4. The summed E-state index contributed by atoms with van der Waals surface area (Å²) in [7, 11) is 0. The van der Waals surface area contributed by atoms with Crippen LogP contribution in [-0.4, -0.2) is 57.2 Å². The zero-order chi connectivity index (χ0) is 29.2. The predicted molar refractivity (Wildman–Crippen MR) is 144 cm³/mol. The van der Waals surface area contributed by atoms with E-state index in [0.29, 0.717) is 25.1 Å². The van der Waals surface area contributed by atoms with Gasteiger partial charge in [0, 0.05) is 43.6 Å². The van der Waals surface area contributed by atoms with Gasteiger partial charge >= 0.3 is 12.2 Å². The summed E-state index contributed by atoms with van der Waals surface area (Å²) in [5.74, 6) is -0.631. The Balaban J connectivity index is 1.45. The molecule has 0 saturated carbocycles. The maximum atomic E-state index is 13.4. The molecule has 5 amide bonds. The van der Waals surface area contributed by atoms with Crippen LogP contribution in [-0.2, 0) is 27.1 Å². The lowest BCUT2D eigenvalue weighted by molar-refractivity contribution is -0.137. The molecule has 0 atom stereocenters. The van der Waals surface area contributed by atoms with Crippen LogP contribution in [0.2, 0.25) is 0 Å². The first-order chi connectivity index (χ1) is 18.8. The van der Waals surface area contributed by atoms with Crippen molar-refractivity contribution in [1.82, 2.24) is 14.8 Å². The lowest BCUT2D eigenvalue weighted by atomic mass is 10.0. The summed E-state index contributed by atoms with van der Waals surface area (Å²) in [6.07, 6.45) is 0.222. The van der Waals surface area contributed by atoms with Crippen molar-refractivity contribution in [2.24, 2.45) is 0 Å². The molecule has 9 nitrogen and oxygen atoms in total. The third-order valence-electron chi connectivity index (χ3n) is 7.08. The number of nitrogens with zero attached hydrogens (tertiary/aromatic N) is 4. The van der Waals surface area contributed by atoms with Gasteiger partial charge in [-0.25, -0.2) is 14.7 Å². The van der Waals surface area contributed by atoms with E-state index < -0.39 is 29.2 Å². The minimum atomic E-state index is -4.60. The molecule has 2 aromatic rings. The highest BCUT2D eigenvalue weighted by molar-refractivity contribution is 7.80. The number of benzene rings is 1. The number of pyridine rings is 1. The predicted octanol–water partition coefficient (Wildman–Crippen LogP) is 4.87. The Morgan fingerprint density at radius 2 is 1.85 bits per heavy atom. The van der Waals surface area contributed by atoms with E-state index >= 15 is 0 Å². The molecule has 0 aliphatic carbocycles. The van der Waals surface area contributed by atoms with Gasteiger partial charge in [-0.05, 0) is 62.6 Å². The smallest absolute Gasteiger partial charge is 0.342 e. The minimum absolute atomic E-state index is 0.0235. The van der Waals surface area contributed by atoms with Gasteiger partial charge in [-0.2, -0.15) is 13.2 Å². The van der Waals surface area contributed by atoms with E-state index in [1.54, 1.807) is 30.9 Å². The van der Waals surface area contributed by atoms with Gasteiger partial charge in [-0.15, -0.1) is 12.6 Å². The van der Waals surface area contributed by atoms with Crippen molar-refractivity contribution in [3.8, 4) is 0 Å². The number of anilines is 2. The standard InChI is InChI=1S/C27H30F3N5O4S/c1-26(2)24(38)35(19-8-7-18(15-20(19)40)27(28,29)30)25(39)34(26)16-17-9-11-31-21(14-17)32-22(36)10-13-33-12-5-3-4-6-23(33)37/h7-9,11,14-15,40H,3-6,10,12-13,16H2,1-2H3,(H,31,32,36). The molecule has 2 fully saturated rings. The van der Waals surface area contributed by atoms with Crippen LogP contribution in [0, 0.1) is 0 Å². The molecule has 1 N–H and O–H groups in total. The third-order valence-corrected chi connectivity index (χ3v) is 7.44. The Morgan fingerprint density at radius 3 is 2.55 bits per heavy atom. The quantitative estimate of drug-likeness (QED) is 0.361. The van der Waals surface area contributed by atoms with Crippen LogP contribution in [0.4, 0.5) is 29.5 Å². The molecule has 4 rings (SSSR count). The van der Waals surface area contributed by atoms with E-state index in [9.17, 15) is 32.3 Å². The average Bonchev–Trinajstić information content (AvgIpc) is 3.01. The molecule has 0 bridgehead atoms. The second-order valence-corrected chi connectivity index (χ2v) is 10.8. The second-order valence-electron chi connectivity index (χ2n) is 10.3. The average molecular weight is 578 g/mol. The molecule has 2 aliphatic heterocycles. The third kappa shape index (κ3) is 6.24. The first-order valence-electron chi connectivity index (χ1n) is 12.9. The number of hydrogen-bond donors (Lipinski definition) is 2. The van der Waals surface area contributed by atoms with E-state index in [2.05, 4.69) is 22.9 Å². The van der Waals surface area contributed by atoms with Crippen LogP contribution in [0.5, 0.6) is 0 Å². The number of alkyl halides is 3. The SMILES string of the molecule is CC1(C)C(=O)N(c2ccc(C(F)(F)F)cc2S)C(=O)N1Cc1ccnc(NC(=O)CCN2CCCCCC2=O)c1. The van der Waals surface area contributed by atoms with Gasteiger partial charge in [0.2, 0.25) is 11.8 Å². The second kappa shape index (κ2) is 11.5. The van der Waals surface area contributed by atoms with Crippen molar-refractivity contribution in [1.29, 1.82) is 0 Å². The molecule has 3 heterocycles. The molecule has 2 saturated heterocycles. The van der Waals surface area contributed by atoms with Crippen LogP contribution in [0.3, 0.4) is 0 Å². The zero-order valence-corrected chi connectivity index (χ0v) is 23.0. The number of carbonyl (C=O) groups excluding carboxylic acids is 4. The molecule has 1 aromatic heterocycles. The monoisotopic (exact) mass is 577 g/mol. The van der Waals surface area contributed by atoms with Gasteiger partial charge in [0.05, 0.1) is 11.3 Å². The van der Waals surface area contributed by atoms with Gasteiger partial charge in [-0.3, -0.25) is 14.4 Å². The molecule has 0 spiro atoms. The Bertz CT molecular complexity index is 1330. The van der Waals surface area contributed by atoms with Gasteiger partial charge in [0.1, 0.15) is 11.4 Å². The molecule has 0 radical (unpaired) electrons. The summed E-state index contributed by atoms with van der Waals surface area (Å²) in [6, 6.07) is 5.12. The Kier molecular flexibility index (Phi) is 8.43. The van der Waals surface area contributed by atoms with Gasteiger partial charge < -0.3 is 15.1 Å². The number of hydrogen-bond acceptors (Lipinski definition) is 6. The summed E-state index contributed by atoms with van der Waals surface area (Å²) < 4.78 is 39.3. The van der Waals surface area contributed by atoms with Crippen molar-refractivity contribution < 1.29 is 32.3 Å². The molecule has 13 heteroatoms. The van der Waals surface area contributed by atoms with Gasteiger partial charge in [-0.1, -0.05) is 6.42 Å². The van der Waals surface area contributed by atoms with Crippen LogP contribution in [0.15, 0.2) is 41.4 Å². The molecule has 214 valence electrons. The number of halogens is 3. The first-order valence-corrected chi connectivity index (χ1v) is 13.3. The van der Waals surface area contributed by atoms with Crippen LogP contribution >= 0.6 is 12.6 Å². The van der Waals surface area contributed by atoms with Crippen LogP contribution in [0.1, 0.15) is 57.1 Å². The highest BCUT2D eigenvalue weighted by Gasteiger charge is 2.52. The maximum Gasteiger partial charge on any atom is 0.416 e. The number of rotatable bonds is 7. The lowest BCUT2D eigenvalue weighted by Crippen LogP contribution is -2.43. The van der Waals surface area contributed by atoms with Crippen LogP contribution in [0.25, 0.3) is 0 Å². The van der Waals surface area contributed by atoms with E-state index in [1.807, 2.05) is 0 Å². The number of urea groups is 1. The zero-order valence-electron chi connectivity index (χ0n) is 22.1. The molecule has 1 aromatic carbocycles. The number of amides is 5. The van der Waals surface area contributed by atoms with Crippen LogP contribution < -0.4 is 10.2 Å². The Hall–Kier alpha value is -3.61. The van der Waals surface area contributed by atoms with Crippen molar-refractivity contribution in [3.63, 3.8) is 0 Å². The fourth-order valence-electron chi connectivity index (χ4n) is 4.74. The Morgan fingerprint density at radius 1 is 1.10 bits per heavy atom. The summed E-state index contributed by atoms with van der Waals surface area (Å²) in [5, 5.41) is 2.71. The topological polar surface area (TPSA) is 103 Å². The number of aromatic nitrogens is 1. The van der Waals surface area contributed by atoms with E-state index in [-0.39, 0.29) is 41.2 Å². The molecule has 0 unspecified atom stereocenters. The number of nitrogens with one attached hydrogen (secondary N) is 1. The minimum Gasteiger partial charge on any atom is -0.342 e. The molecular formula is C27H30F3N5O4S. The lowest BCUT2D eigenvalue weighted by Gasteiger charge is -2.27. The summed E-state index contributed by atoms with van der Waals surface area (Å²) in [4.78, 5) is 59.1. The maximum absolute atomic E-state index is 13.4. The highest BCUT2D eigenvalue weighted by atomic mass is 32.1. The van der Waals surface area contributed by atoms with Crippen molar-refractivity contribution in [2.75, 3.05) is 23.3 Å². The largest absolute Gasteiger partial charge is 0.416 e. The number of likely N-dealkylation sites (tertiary alicyclic amines) is 1. The van der Waals surface area contributed by atoms with Gasteiger partial charge in [0.15, 0.2) is 0 Å². The summed E-state index contributed by atoms with van der Waals surface area (Å²) in [5.41, 5.74) is -1.73. The highest BCUT2D eigenvalue weighted by Crippen LogP contribution is 2.39. The number of imide groups is 1. The van der Waals surface area contributed by atoms with Crippen molar-refractivity contribution >= 4 is 47.9 Å². The van der Waals surface area contributed by atoms with Crippen molar-refractivity contribution in [3.05, 3.63) is 47.7 Å².